The van der Waals surface area contributed by atoms with Crippen LogP contribution in [0.25, 0.3) is 0 Å². The summed E-state index contributed by atoms with van der Waals surface area (Å²) in [4.78, 5) is 24.3. The quantitative estimate of drug-likeness (QED) is 0.584. The fourth-order valence-corrected chi connectivity index (χ4v) is 4.11. The number of benzene rings is 1. The lowest BCUT2D eigenvalue weighted by molar-refractivity contribution is 0.0881. The second-order valence-electron chi connectivity index (χ2n) is 8.46. The van der Waals surface area contributed by atoms with Crippen LogP contribution in [0.1, 0.15) is 31.0 Å². The van der Waals surface area contributed by atoms with Gasteiger partial charge in [0.25, 0.3) is 0 Å². The van der Waals surface area contributed by atoms with E-state index in [1.54, 1.807) is 7.11 Å². The van der Waals surface area contributed by atoms with E-state index in [-0.39, 0.29) is 30.5 Å². The van der Waals surface area contributed by atoms with E-state index >= 15 is 0 Å². The number of rotatable bonds is 8. The molecule has 2 saturated heterocycles. The van der Waals surface area contributed by atoms with E-state index in [1.807, 2.05) is 13.8 Å². The van der Waals surface area contributed by atoms with E-state index in [0.29, 0.717) is 0 Å². The summed E-state index contributed by atoms with van der Waals surface area (Å²) in [7, 11) is 1.55. The highest BCUT2D eigenvalue weighted by molar-refractivity contribution is 5.89. The van der Waals surface area contributed by atoms with Crippen LogP contribution in [0.5, 0.6) is 0 Å². The van der Waals surface area contributed by atoms with Crippen molar-refractivity contribution >= 4 is 17.9 Å². The number of nitrogens with one attached hydrogen (secondary N) is 2. The predicted molar refractivity (Wildman–Crippen MR) is 123 cm³/mol. The Labute approximate surface area is 193 Å². The lowest BCUT2D eigenvalue weighted by Gasteiger charge is -2.27. The summed E-state index contributed by atoms with van der Waals surface area (Å²) in [6.45, 7) is 9.00. The highest BCUT2D eigenvalue weighted by Gasteiger charge is 2.39. The molecule has 0 saturated carbocycles. The Bertz CT molecular complexity index is 954. The van der Waals surface area contributed by atoms with Crippen molar-refractivity contribution in [1.82, 2.24) is 20.2 Å². The Morgan fingerprint density at radius 1 is 1.24 bits per heavy atom. The van der Waals surface area contributed by atoms with Crippen LogP contribution in [0.4, 0.5) is 21.0 Å². The van der Waals surface area contributed by atoms with Crippen LogP contribution in [-0.4, -0.2) is 73.0 Å². The predicted octanol–water partition coefficient (Wildman–Crippen LogP) is 2.55. The molecule has 3 heterocycles. The summed E-state index contributed by atoms with van der Waals surface area (Å²) in [5.41, 5.74) is 2.28. The molecule has 10 heteroatoms. The molecule has 0 aliphatic carbocycles. The monoisotopic (exact) mass is 458 g/mol. The fraction of sp³-hybridized carbons (Fsp3) is 0.522. The van der Waals surface area contributed by atoms with Crippen LogP contribution < -0.4 is 15.5 Å². The van der Waals surface area contributed by atoms with E-state index in [0.717, 1.165) is 44.4 Å². The SMILES string of the molecule is CO[C@H](C)[C@H]1COC(=O)N1c1cc(F)nc(N[C@@H](C)c2ccc(CN3CCNCC3)cc2)n1. The molecule has 2 fully saturated rings. The molecule has 2 aromatic rings. The first-order valence-corrected chi connectivity index (χ1v) is 11.3. The molecule has 3 atom stereocenters. The van der Waals surface area contributed by atoms with Gasteiger partial charge < -0.3 is 20.1 Å². The van der Waals surface area contributed by atoms with Crippen LogP contribution in [0, 0.1) is 5.95 Å². The van der Waals surface area contributed by atoms with E-state index in [2.05, 4.69) is 49.8 Å². The third-order valence-corrected chi connectivity index (χ3v) is 6.19. The number of aromatic nitrogens is 2. The molecule has 4 rings (SSSR count). The zero-order chi connectivity index (χ0) is 23.4. The second-order valence-corrected chi connectivity index (χ2v) is 8.46. The summed E-state index contributed by atoms with van der Waals surface area (Å²) in [6.07, 6.45) is -0.884. The molecule has 2 aliphatic heterocycles. The van der Waals surface area contributed by atoms with Crippen molar-refractivity contribution in [2.24, 2.45) is 0 Å². The minimum Gasteiger partial charge on any atom is -0.447 e. The Balaban J connectivity index is 1.45. The molecule has 1 aromatic carbocycles. The Morgan fingerprint density at radius 2 is 1.97 bits per heavy atom. The van der Waals surface area contributed by atoms with Gasteiger partial charge in [-0.2, -0.15) is 14.4 Å². The first-order chi connectivity index (χ1) is 15.9. The standard InChI is InChI=1S/C23H31FN6O3/c1-15(18-6-4-17(5-7-18)13-29-10-8-25-9-11-29)26-22-27-20(24)12-21(28-22)30-19(16(2)32-3)14-33-23(30)31/h4-7,12,15-16,19,25H,8-11,13-14H2,1-3H3,(H,26,27,28)/t15-,16+,19+/m0/s1. The number of anilines is 2. The molecule has 0 unspecified atom stereocenters. The second kappa shape index (κ2) is 10.4. The van der Waals surface area contributed by atoms with Crippen molar-refractivity contribution < 1.29 is 18.7 Å². The zero-order valence-electron chi connectivity index (χ0n) is 19.3. The van der Waals surface area contributed by atoms with Gasteiger partial charge in [-0.05, 0) is 25.0 Å². The maximum atomic E-state index is 14.3. The zero-order valence-corrected chi connectivity index (χ0v) is 19.3. The minimum atomic E-state index is -0.732. The van der Waals surface area contributed by atoms with Gasteiger partial charge >= 0.3 is 6.09 Å². The van der Waals surface area contributed by atoms with Crippen LogP contribution in [-0.2, 0) is 16.0 Å². The first-order valence-electron chi connectivity index (χ1n) is 11.3. The van der Waals surface area contributed by atoms with Gasteiger partial charge in [0, 0.05) is 45.9 Å². The molecule has 0 bridgehead atoms. The maximum absolute atomic E-state index is 14.3. The molecule has 1 amide bonds. The van der Waals surface area contributed by atoms with Crippen molar-refractivity contribution in [1.29, 1.82) is 0 Å². The lowest BCUT2D eigenvalue weighted by atomic mass is 10.1. The van der Waals surface area contributed by atoms with Crippen molar-refractivity contribution in [3.05, 3.63) is 47.4 Å². The van der Waals surface area contributed by atoms with Crippen molar-refractivity contribution in [2.75, 3.05) is 50.1 Å². The van der Waals surface area contributed by atoms with Gasteiger partial charge in [-0.1, -0.05) is 24.3 Å². The first kappa shape index (κ1) is 23.3. The number of carbonyl (C=O) groups excluding carboxylic acids is 1. The van der Waals surface area contributed by atoms with Gasteiger partial charge in [0.2, 0.25) is 11.9 Å². The summed E-state index contributed by atoms with van der Waals surface area (Å²) in [5, 5.41) is 6.51. The number of hydrogen-bond donors (Lipinski definition) is 2. The summed E-state index contributed by atoms with van der Waals surface area (Å²) in [5.74, 6) is -0.490. The third kappa shape index (κ3) is 5.58. The summed E-state index contributed by atoms with van der Waals surface area (Å²) < 4.78 is 24.8. The largest absolute Gasteiger partial charge is 0.447 e. The van der Waals surface area contributed by atoms with Gasteiger partial charge in [-0.15, -0.1) is 0 Å². The molecule has 178 valence electrons. The number of methoxy groups -OCH3 is 1. The summed E-state index contributed by atoms with van der Waals surface area (Å²) in [6, 6.07) is 8.92. The topological polar surface area (TPSA) is 91.9 Å². The Morgan fingerprint density at radius 3 is 2.67 bits per heavy atom. The molecule has 0 spiro atoms. The molecule has 2 N–H and O–H groups in total. The van der Waals surface area contributed by atoms with Gasteiger partial charge in [0.15, 0.2) is 0 Å². The van der Waals surface area contributed by atoms with E-state index in [1.165, 1.54) is 10.5 Å². The van der Waals surface area contributed by atoms with E-state index < -0.39 is 18.1 Å². The average Bonchev–Trinajstić information content (AvgIpc) is 3.20. The third-order valence-electron chi connectivity index (χ3n) is 6.19. The van der Waals surface area contributed by atoms with Crippen molar-refractivity contribution in [3.63, 3.8) is 0 Å². The summed E-state index contributed by atoms with van der Waals surface area (Å²) >= 11 is 0. The van der Waals surface area contributed by atoms with Gasteiger partial charge in [-0.3, -0.25) is 9.80 Å². The number of nitrogens with zero attached hydrogens (tertiary/aromatic N) is 4. The number of hydrogen-bond acceptors (Lipinski definition) is 8. The number of carbonyl (C=O) groups is 1. The molecular formula is C23H31FN6O3. The smallest absolute Gasteiger partial charge is 0.416 e. The Hall–Kier alpha value is -2.82. The number of cyclic esters (lactones) is 1. The molecule has 9 nitrogen and oxygen atoms in total. The van der Waals surface area contributed by atoms with Gasteiger partial charge in [-0.25, -0.2) is 4.79 Å². The normalized spacial score (nSPS) is 21.0. The molecule has 1 aromatic heterocycles. The number of piperazine rings is 1. The highest BCUT2D eigenvalue weighted by Crippen LogP contribution is 2.26. The van der Waals surface area contributed by atoms with Crippen LogP contribution in [0.2, 0.25) is 0 Å². The van der Waals surface area contributed by atoms with Crippen LogP contribution in [0.3, 0.4) is 0 Å². The number of amides is 1. The van der Waals surface area contributed by atoms with Crippen LogP contribution in [0.15, 0.2) is 30.3 Å². The number of halogens is 1. The average molecular weight is 459 g/mol. The lowest BCUT2D eigenvalue weighted by Crippen LogP contribution is -2.42. The number of ether oxygens (including phenoxy) is 2. The van der Waals surface area contributed by atoms with Gasteiger partial charge in [0.05, 0.1) is 12.1 Å². The van der Waals surface area contributed by atoms with Gasteiger partial charge in [0.1, 0.15) is 18.5 Å². The molecule has 2 aliphatic rings. The van der Waals surface area contributed by atoms with E-state index in [4.69, 9.17) is 9.47 Å². The molecule has 33 heavy (non-hydrogen) atoms. The maximum Gasteiger partial charge on any atom is 0.416 e. The fourth-order valence-electron chi connectivity index (χ4n) is 4.11. The molecule has 0 radical (unpaired) electrons. The van der Waals surface area contributed by atoms with Crippen molar-refractivity contribution in [2.45, 2.75) is 38.6 Å². The van der Waals surface area contributed by atoms with Crippen molar-refractivity contribution in [3.8, 4) is 0 Å². The highest BCUT2D eigenvalue weighted by atomic mass is 19.1. The van der Waals surface area contributed by atoms with Crippen LogP contribution >= 0.6 is 0 Å². The minimum absolute atomic E-state index is 0.103. The van der Waals surface area contributed by atoms with E-state index in [9.17, 15) is 9.18 Å². The molecular weight excluding hydrogens is 427 g/mol. The Kier molecular flexibility index (Phi) is 7.36.